The number of hydrogen-bond acceptors (Lipinski definition) is 3. The maximum absolute atomic E-state index is 4.33. The molecule has 0 spiro atoms. The van der Waals surface area contributed by atoms with Gasteiger partial charge in [0.2, 0.25) is 0 Å². The zero-order valence-corrected chi connectivity index (χ0v) is 8.54. The van der Waals surface area contributed by atoms with Crippen molar-refractivity contribution in [2.75, 3.05) is 32.1 Å². The number of aromatic nitrogens is 1. The Labute approximate surface area is 79.8 Å². The molecule has 0 saturated carbocycles. The molecule has 0 fully saturated rings. The second-order valence-electron chi connectivity index (χ2n) is 3.17. The van der Waals surface area contributed by atoms with Gasteiger partial charge in [-0.3, -0.25) is 0 Å². The van der Waals surface area contributed by atoms with Crippen molar-refractivity contribution in [2.45, 2.75) is 6.92 Å². The van der Waals surface area contributed by atoms with E-state index in [0.717, 1.165) is 18.9 Å². The van der Waals surface area contributed by atoms with Gasteiger partial charge in [-0.25, -0.2) is 4.98 Å². The Kier molecular flexibility index (Phi) is 3.71. The summed E-state index contributed by atoms with van der Waals surface area (Å²) in [4.78, 5) is 6.49. The summed E-state index contributed by atoms with van der Waals surface area (Å²) in [6.45, 7) is 4.04. The van der Waals surface area contributed by atoms with E-state index in [1.807, 2.05) is 19.3 Å². The minimum atomic E-state index is 0.979. The maximum Gasteiger partial charge on any atom is 0.131 e. The van der Waals surface area contributed by atoms with Gasteiger partial charge >= 0.3 is 0 Å². The van der Waals surface area contributed by atoms with Gasteiger partial charge in [0.15, 0.2) is 0 Å². The number of hydrogen-bond donors (Lipinski definition) is 1. The van der Waals surface area contributed by atoms with E-state index in [9.17, 15) is 0 Å². The predicted molar refractivity (Wildman–Crippen MR) is 56.2 cm³/mol. The molecule has 1 heterocycles. The zero-order chi connectivity index (χ0) is 9.68. The van der Waals surface area contributed by atoms with Crippen molar-refractivity contribution in [2.24, 2.45) is 0 Å². The van der Waals surface area contributed by atoms with Crippen molar-refractivity contribution in [3.8, 4) is 0 Å². The molecule has 0 saturated heterocycles. The number of pyridine rings is 1. The van der Waals surface area contributed by atoms with Crippen molar-refractivity contribution in [1.29, 1.82) is 0 Å². The first-order valence-corrected chi connectivity index (χ1v) is 4.53. The van der Waals surface area contributed by atoms with Crippen molar-refractivity contribution in [3.05, 3.63) is 23.9 Å². The van der Waals surface area contributed by atoms with Crippen molar-refractivity contribution in [1.82, 2.24) is 10.3 Å². The summed E-state index contributed by atoms with van der Waals surface area (Å²) in [6.07, 6.45) is 1.83. The van der Waals surface area contributed by atoms with Gasteiger partial charge in [-0.05, 0) is 25.6 Å². The van der Waals surface area contributed by atoms with E-state index in [4.69, 9.17) is 0 Å². The fourth-order valence-electron chi connectivity index (χ4n) is 1.26. The molecule has 0 amide bonds. The Morgan fingerprint density at radius 1 is 1.54 bits per heavy atom. The van der Waals surface area contributed by atoms with Crippen LogP contribution < -0.4 is 10.2 Å². The normalized spacial score (nSPS) is 10.1. The van der Waals surface area contributed by atoms with Gasteiger partial charge in [0.1, 0.15) is 5.82 Å². The van der Waals surface area contributed by atoms with Crippen LogP contribution in [0.4, 0.5) is 5.82 Å². The quantitative estimate of drug-likeness (QED) is 0.748. The van der Waals surface area contributed by atoms with Crippen LogP contribution in [0.5, 0.6) is 0 Å². The number of aryl methyl sites for hydroxylation is 1. The van der Waals surface area contributed by atoms with Crippen LogP contribution in [0.1, 0.15) is 5.56 Å². The average molecular weight is 179 g/mol. The van der Waals surface area contributed by atoms with E-state index in [1.165, 1.54) is 5.56 Å². The first-order valence-electron chi connectivity index (χ1n) is 4.53. The molecule has 3 nitrogen and oxygen atoms in total. The van der Waals surface area contributed by atoms with Crippen LogP contribution in [0.3, 0.4) is 0 Å². The average Bonchev–Trinajstić information content (AvgIpc) is 2.15. The molecule has 0 bridgehead atoms. The Morgan fingerprint density at radius 2 is 2.31 bits per heavy atom. The van der Waals surface area contributed by atoms with E-state index in [1.54, 1.807) is 0 Å². The molecular formula is C10H17N3. The Balaban J connectivity index is 2.65. The summed E-state index contributed by atoms with van der Waals surface area (Å²) in [6, 6.07) is 4.04. The minimum Gasteiger partial charge on any atom is -0.358 e. The van der Waals surface area contributed by atoms with Crippen molar-refractivity contribution >= 4 is 5.82 Å². The SMILES string of the molecule is CNCCN(C)c1ncccc1C. The lowest BCUT2D eigenvalue weighted by atomic mass is 10.3. The molecule has 0 radical (unpaired) electrons. The summed E-state index contributed by atoms with van der Waals surface area (Å²) in [5, 5.41) is 3.12. The van der Waals surface area contributed by atoms with Crippen molar-refractivity contribution in [3.63, 3.8) is 0 Å². The van der Waals surface area contributed by atoms with Gasteiger partial charge in [0.25, 0.3) is 0 Å². The second-order valence-corrected chi connectivity index (χ2v) is 3.17. The topological polar surface area (TPSA) is 28.2 Å². The van der Waals surface area contributed by atoms with Crippen LogP contribution in [0, 0.1) is 6.92 Å². The van der Waals surface area contributed by atoms with Gasteiger partial charge in [-0.2, -0.15) is 0 Å². The van der Waals surface area contributed by atoms with E-state index < -0.39 is 0 Å². The fraction of sp³-hybridized carbons (Fsp3) is 0.500. The number of rotatable bonds is 4. The molecule has 72 valence electrons. The molecule has 1 aromatic heterocycles. The van der Waals surface area contributed by atoms with E-state index in [-0.39, 0.29) is 0 Å². The lowest BCUT2D eigenvalue weighted by Crippen LogP contribution is -2.28. The van der Waals surface area contributed by atoms with E-state index in [2.05, 4.69) is 35.2 Å². The maximum atomic E-state index is 4.33. The van der Waals surface area contributed by atoms with Crippen LogP contribution in [-0.2, 0) is 0 Å². The molecule has 0 unspecified atom stereocenters. The standard InChI is InChI=1S/C10H17N3/c1-9-5-4-6-12-10(9)13(3)8-7-11-2/h4-6,11H,7-8H2,1-3H3. The molecule has 13 heavy (non-hydrogen) atoms. The molecule has 1 N–H and O–H groups in total. The van der Waals surface area contributed by atoms with Gasteiger partial charge in [-0.1, -0.05) is 6.07 Å². The molecule has 0 aromatic carbocycles. The second kappa shape index (κ2) is 4.82. The monoisotopic (exact) mass is 179 g/mol. The first-order chi connectivity index (χ1) is 6.25. The highest BCUT2D eigenvalue weighted by atomic mass is 15.2. The Hall–Kier alpha value is -1.09. The number of anilines is 1. The highest BCUT2D eigenvalue weighted by molar-refractivity contribution is 5.44. The molecule has 1 aromatic rings. The third-order valence-electron chi connectivity index (χ3n) is 2.04. The summed E-state index contributed by atoms with van der Waals surface area (Å²) in [5.41, 5.74) is 1.22. The van der Waals surface area contributed by atoms with Gasteiger partial charge in [-0.15, -0.1) is 0 Å². The molecule has 0 atom stereocenters. The van der Waals surface area contributed by atoms with Gasteiger partial charge < -0.3 is 10.2 Å². The fourth-order valence-corrected chi connectivity index (χ4v) is 1.26. The first kappa shape index (κ1) is 9.99. The lowest BCUT2D eigenvalue weighted by Gasteiger charge is -2.19. The van der Waals surface area contributed by atoms with E-state index in [0.29, 0.717) is 0 Å². The molecule has 3 heteroatoms. The molecule has 0 aliphatic rings. The van der Waals surface area contributed by atoms with Crippen LogP contribution in [-0.4, -0.2) is 32.2 Å². The van der Waals surface area contributed by atoms with Crippen molar-refractivity contribution < 1.29 is 0 Å². The third kappa shape index (κ3) is 2.70. The molecule has 1 rings (SSSR count). The van der Waals surface area contributed by atoms with Crippen LogP contribution in [0.2, 0.25) is 0 Å². The largest absolute Gasteiger partial charge is 0.358 e. The summed E-state index contributed by atoms with van der Waals surface area (Å²) < 4.78 is 0. The number of likely N-dealkylation sites (N-methyl/N-ethyl adjacent to an activating group) is 2. The number of nitrogens with one attached hydrogen (secondary N) is 1. The number of nitrogens with zero attached hydrogens (tertiary/aromatic N) is 2. The molecule has 0 aliphatic heterocycles. The van der Waals surface area contributed by atoms with Gasteiger partial charge in [0, 0.05) is 26.3 Å². The highest BCUT2D eigenvalue weighted by Gasteiger charge is 2.03. The summed E-state index contributed by atoms with van der Waals surface area (Å²) >= 11 is 0. The third-order valence-corrected chi connectivity index (χ3v) is 2.04. The smallest absolute Gasteiger partial charge is 0.131 e. The summed E-state index contributed by atoms with van der Waals surface area (Å²) in [7, 11) is 4.02. The van der Waals surface area contributed by atoms with Gasteiger partial charge in [0.05, 0.1) is 0 Å². The van der Waals surface area contributed by atoms with Crippen LogP contribution in [0.25, 0.3) is 0 Å². The van der Waals surface area contributed by atoms with Crippen LogP contribution in [0.15, 0.2) is 18.3 Å². The summed E-state index contributed by atoms with van der Waals surface area (Å²) in [5.74, 6) is 1.07. The van der Waals surface area contributed by atoms with Crippen LogP contribution >= 0.6 is 0 Å². The minimum absolute atomic E-state index is 0.979. The Morgan fingerprint density at radius 3 is 2.92 bits per heavy atom. The molecule has 0 aliphatic carbocycles. The van der Waals surface area contributed by atoms with E-state index >= 15 is 0 Å². The zero-order valence-electron chi connectivity index (χ0n) is 8.54. The Bertz CT molecular complexity index is 260. The molecular weight excluding hydrogens is 162 g/mol. The highest BCUT2D eigenvalue weighted by Crippen LogP contribution is 2.12. The lowest BCUT2D eigenvalue weighted by molar-refractivity contribution is 0.760. The predicted octanol–water partition coefficient (Wildman–Crippen LogP) is 1.05.